The molecule has 1 saturated carbocycles. The van der Waals surface area contributed by atoms with Crippen molar-refractivity contribution in [1.29, 1.82) is 0 Å². The summed E-state index contributed by atoms with van der Waals surface area (Å²) in [7, 11) is -0.629. The van der Waals surface area contributed by atoms with E-state index in [0.29, 0.717) is 5.41 Å². The van der Waals surface area contributed by atoms with E-state index in [1.165, 1.54) is 25.7 Å². The van der Waals surface area contributed by atoms with E-state index >= 15 is 0 Å². The Balaban J connectivity index is 2.07. The third-order valence-electron chi connectivity index (χ3n) is 4.29. The van der Waals surface area contributed by atoms with Gasteiger partial charge in [-0.05, 0) is 62.4 Å². The Labute approximate surface area is 116 Å². The van der Waals surface area contributed by atoms with Crippen molar-refractivity contribution in [2.45, 2.75) is 52.9 Å². The van der Waals surface area contributed by atoms with Gasteiger partial charge in [0.25, 0.3) is 0 Å². The van der Waals surface area contributed by atoms with E-state index in [4.69, 9.17) is 0 Å². The third-order valence-corrected chi connectivity index (χ3v) is 5.15. The van der Waals surface area contributed by atoms with Gasteiger partial charge in [-0.2, -0.15) is 0 Å². The quantitative estimate of drug-likeness (QED) is 0.753. The van der Waals surface area contributed by atoms with Crippen molar-refractivity contribution in [2.75, 3.05) is 25.1 Å². The van der Waals surface area contributed by atoms with Crippen LogP contribution in [-0.2, 0) is 10.8 Å². The fourth-order valence-corrected chi connectivity index (χ4v) is 3.49. The summed E-state index contributed by atoms with van der Waals surface area (Å²) in [5, 5.41) is 3.53. The van der Waals surface area contributed by atoms with Gasteiger partial charge in [0.15, 0.2) is 0 Å². The van der Waals surface area contributed by atoms with Crippen LogP contribution in [0.1, 0.15) is 52.9 Å². The van der Waals surface area contributed by atoms with Crippen LogP contribution in [0, 0.1) is 17.3 Å². The van der Waals surface area contributed by atoms with Crippen LogP contribution in [0.5, 0.6) is 0 Å². The average Bonchev–Trinajstić information content (AvgIpc) is 2.27. The summed E-state index contributed by atoms with van der Waals surface area (Å²) in [5.74, 6) is 2.62. The standard InChI is InChI=1S/C15H31NOS/c1-15(2,3)14-8-6-13(7-9-14)12-16-10-5-11-18(4)17/h13-14,16H,5-12H2,1-4H3. The molecule has 3 heteroatoms. The largest absolute Gasteiger partial charge is 0.316 e. The summed E-state index contributed by atoms with van der Waals surface area (Å²) < 4.78 is 10.9. The van der Waals surface area contributed by atoms with Gasteiger partial charge >= 0.3 is 0 Å². The van der Waals surface area contributed by atoms with Gasteiger partial charge in [-0.3, -0.25) is 4.21 Å². The van der Waals surface area contributed by atoms with Crippen molar-refractivity contribution < 1.29 is 4.21 Å². The van der Waals surface area contributed by atoms with Gasteiger partial charge in [-0.1, -0.05) is 20.8 Å². The number of rotatable bonds is 6. The molecule has 0 saturated heterocycles. The third kappa shape index (κ3) is 6.33. The topological polar surface area (TPSA) is 29.1 Å². The molecule has 0 heterocycles. The van der Waals surface area contributed by atoms with E-state index in [0.717, 1.165) is 37.1 Å². The number of hydrogen-bond donors (Lipinski definition) is 1. The molecule has 0 bridgehead atoms. The van der Waals surface area contributed by atoms with Gasteiger partial charge in [0.05, 0.1) is 0 Å². The number of nitrogens with one attached hydrogen (secondary N) is 1. The zero-order valence-corrected chi connectivity index (χ0v) is 13.4. The molecule has 0 aliphatic heterocycles. The van der Waals surface area contributed by atoms with E-state index in [1.807, 2.05) is 0 Å². The molecular weight excluding hydrogens is 242 g/mol. The lowest BCUT2D eigenvalue weighted by Crippen LogP contribution is -2.31. The molecule has 0 aromatic heterocycles. The van der Waals surface area contributed by atoms with Crippen LogP contribution in [-0.4, -0.2) is 29.3 Å². The van der Waals surface area contributed by atoms with E-state index in [-0.39, 0.29) is 0 Å². The minimum absolute atomic E-state index is 0.490. The molecule has 0 aromatic rings. The van der Waals surface area contributed by atoms with Crippen LogP contribution in [0.25, 0.3) is 0 Å². The van der Waals surface area contributed by atoms with Gasteiger partial charge in [0, 0.05) is 22.8 Å². The molecule has 1 rings (SSSR count). The molecule has 0 radical (unpaired) electrons. The fourth-order valence-electron chi connectivity index (χ4n) is 2.94. The van der Waals surface area contributed by atoms with Crippen molar-refractivity contribution in [3.8, 4) is 0 Å². The first-order valence-electron chi connectivity index (χ1n) is 7.40. The second-order valence-corrected chi connectivity index (χ2v) is 8.47. The first kappa shape index (κ1) is 16.2. The zero-order chi connectivity index (χ0) is 13.6. The average molecular weight is 273 g/mol. The van der Waals surface area contributed by atoms with Gasteiger partial charge < -0.3 is 5.32 Å². The molecular formula is C15H31NOS. The van der Waals surface area contributed by atoms with E-state index in [1.54, 1.807) is 6.26 Å². The normalized spacial score (nSPS) is 27.1. The molecule has 108 valence electrons. The lowest BCUT2D eigenvalue weighted by atomic mass is 9.70. The first-order valence-corrected chi connectivity index (χ1v) is 9.13. The van der Waals surface area contributed by atoms with Crippen molar-refractivity contribution in [1.82, 2.24) is 5.32 Å². The van der Waals surface area contributed by atoms with E-state index < -0.39 is 10.8 Å². The maximum Gasteiger partial charge on any atom is 0.0244 e. The molecule has 1 N–H and O–H groups in total. The summed E-state index contributed by atoms with van der Waals surface area (Å²) in [6, 6.07) is 0. The lowest BCUT2D eigenvalue weighted by Gasteiger charge is -2.37. The van der Waals surface area contributed by atoms with E-state index in [9.17, 15) is 4.21 Å². The Morgan fingerprint density at radius 1 is 1.17 bits per heavy atom. The maximum atomic E-state index is 10.9. The summed E-state index contributed by atoms with van der Waals surface area (Å²) in [6.07, 6.45) is 8.39. The molecule has 1 unspecified atom stereocenters. The number of hydrogen-bond acceptors (Lipinski definition) is 2. The summed E-state index contributed by atoms with van der Waals surface area (Å²) in [4.78, 5) is 0. The molecule has 0 aromatic carbocycles. The smallest absolute Gasteiger partial charge is 0.0244 e. The van der Waals surface area contributed by atoms with Crippen LogP contribution >= 0.6 is 0 Å². The van der Waals surface area contributed by atoms with E-state index in [2.05, 4.69) is 26.1 Å². The maximum absolute atomic E-state index is 10.9. The highest BCUT2D eigenvalue weighted by Gasteiger charge is 2.29. The molecule has 1 atom stereocenters. The van der Waals surface area contributed by atoms with Crippen LogP contribution in [0.2, 0.25) is 0 Å². The van der Waals surface area contributed by atoms with Gasteiger partial charge in [-0.25, -0.2) is 0 Å². The van der Waals surface area contributed by atoms with Crippen LogP contribution in [0.4, 0.5) is 0 Å². The van der Waals surface area contributed by atoms with Gasteiger partial charge in [-0.15, -0.1) is 0 Å². The Morgan fingerprint density at radius 2 is 1.78 bits per heavy atom. The Morgan fingerprint density at radius 3 is 2.28 bits per heavy atom. The summed E-state index contributed by atoms with van der Waals surface area (Å²) in [6.45, 7) is 9.31. The molecule has 18 heavy (non-hydrogen) atoms. The van der Waals surface area contributed by atoms with Crippen molar-refractivity contribution in [2.24, 2.45) is 17.3 Å². The zero-order valence-electron chi connectivity index (χ0n) is 12.6. The minimum atomic E-state index is -0.629. The van der Waals surface area contributed by atoms with Crippen molar-refractivity contribution in [3.63, 3.8) is 0 Å². The Kier molecular flexibility index (Phi) is 6.86. The molecule has 0 spiro atoms. The summed E-state index contributed by atoms with van der Waals surface area (Å²) in [5.41, 5.74) is 0.490. The van der Waals surface area contributed by atoms with Crippen LogP contribution < -0.4 is 5.32 Å². The first-order chi connectivity index (χ1) is 8.39. The Hall–Kier alpha value is 0.110. The highest BCUT2D eigenvalue weighted by atomic mass is 32.2. The van der Waals surface area contributed by atoms with Crippen molar-refractivity contribution >= 4 is 10.8 Å². The Bertz CT molecular complexity index is 252. The molecule has 0 amide bonds. The predicted molar refractivity (Wildman–Crippen MR) is 81.3 cm³/mol. The molecule has 2 nitrogen and oxygen atoms in total. The monoisotopic (exact) mass is 273 g/mol. The second-order valence-electron chi connectivity index (χ2n) is 6.92. The minimum Gasteiger partial charge on any atom is -0.316 e. The highest BCUT2D eigenvalue weighted by Crippen LogP contribution is 2.39. The van der Waals surface area contributed by atoms with Gasteiger partial charge in [0.1, 0.15) is 0 Å². The summed E-state index contributed by atoms with van der Waals surface area (Å²) >= 11 is 0. The fraction of sp³-hybridized carbons (Fsp3) is 1.00. The molecule has 1 aliphatic rings. The lowest BCUT2D eigenvalue weighted by molar-refractivity contribution is 0.149. The predicted octanol–water partition coefficient (Wildman–Crippen LogP) is 3.20. The van der Waals surface area contributed by atoms with Crippen LogP contribution in [0.3, 0.4) is 0 Å². The van der Waals surface area contributed by atoms with Gasteiger partial charge in [0.2, 0.25) is 0 Å². The molecule has 1 aliphatic carbocycles. The van der Waals surface area contributed by atoms with Crippen molar-refractivity contribution in [3.05, 3.63) is 0 Å². The highest BCUT2D eigenvalue weighted by molar-refractivity contribution is 7.84. The molecule has 1 fully saturated rings. The van der Waals surface area contributed by atoms with Crippen LogP contribution in [0.15, 0.2) is 0 Å². The SMILES string of the molecule is CS(=O)CCCNCC1CCC(C(C)(C)C)CC1. The second kappa shape index (κ2) is 7.64.